The van der Waals surface area contributed by atoms with Crippen molar-refractivity contribution in [2.24, 2.45) is 0 Å². The summed E-state index contributed by atoms with van der Waals surface area (Å²) < 4.78 is 59.8. The third kappa shape index (κ3) is 3.92. The van der Waals surface area contributed by atoms with Crippen LogP contribution in [0.2, 0.25) is 0 Å². The van der Waals surface area contributed by atoms with Gasteiger partial charge in [-0.25, -0.2) is 4.39 Å². The van der Waals surface area contributed by atoms with E-state index in [-0.39, 0.29) is 19.1 Å². The highest BCUT2D eigenvalue weighted by Gasteiger charge is 2.45. The summed E-state index contributed by atoms with van der Waals surface area (Å²) in [6.45, 7) is 6.20. The maximum absolute atomic E-state index is 14.8. The number of anilines is 1. The number of nitrogens with zero attached hydrogens (tertiary/aromatic N) is 2. The van der Waals surface area contributed by atoms with Crippen molar-refractivity contribution < 1.29 is 22.3 Å². The predicted molar refractivity (Wildman–Crippen MR) is 88.4 cm³/mol. The number of likely N-dealkylation sites (tertiary alicyclic amines) is 1. The van der Waals surface area contributed by atoms with Crippen LogP contribution in [0, 0.1) is 5.82 Å². The highest BCUT2D eigenvalue weighted by atomic mass is 19.4. The lowest BCUT2D eigenvalue weighted by Gasteiger charge is -2.39. The zero-order valence-electron chi connectivity index (χ0n) is 14.6. The standard InChI is InChI=1S/C18H24F4N2O/c1-12(2)17-13(10-23-4-3-5-23)8-14(9-15(17)19)24-6-7-25-11-16(24)18(20,21)22/h8-9,12,16H,3-7,10-11H2,1-2H3. The minimum absolute atomic E-state index is 0.0200. The van der Waals surface area contributed by atoms with Gasteiger partial charge in [0.2, 0.25) is 0 Å². The second-order valence-electron chi connectivity index (χ2n) is 7.11. The van der Waals surface area contributed by atoms with E-state index >= 15 is 0 Å². The lowest BCUT2D eigenvalue weighted by atomic mass is 9.94. The van der Waals surface area contributed by atoms with E-state index in [1.54, 1.807) is 6.07 Å². The van der Waals surface area contributed by atoms with Crippen LogP contribution in [-0.4, -0.2) is 50.0 Å². The van der Waals surface area contributed by atoms with Crippen molar-refractivity contribution in [3.05, 3.63) is 29.1 Å². The Kier molecular flexibility index (Phi) is 5.25. The molecule has 2 saturated heterocycles. The first-order valence-corrected chi connectivity index (χ1v) is 8.73. The Bertz CT molecular complexity index is 614. The van der Waals surface area contributed by atoms with Crippen LogP contribution < -0.4 is 4.90 Å². The average molecular weight is 360 g/mol. The monoisotopic (exact) mass is 360 g/mol. The summed E-state index contributed by atoms with van der Waals surface area (Å²) in [5.41, 5.74) is 1.69. The Morgan fingerprint density at radius 3 is 2.48 bits per heavy atom. The van der Waals surface area contributed by atoms with E-state index in [0.29, 0.717) is 17.8 Å². The van der Waals surface area contributed by atoms with Gasteiger partial charge in [0.1, 0.15) is 11.9 Å². The fourth-order valence-corrected chi connectivity index (χ4v) is 3.57. The third-order valence-electron chi connectivity index (χ3n) is 4.96. The molecule has 3 nitrogen and oxygen atoms in total. The first kappa shape index (κ1) is 18.5. The van der Waals surface area contributed by atoms with Crippen molar-refractivity contribution in [3.63, 3.8) is 0 Å². The fourth-order valence-electron chi connectivity index (χ4n) is 3.57. The molecule has 2 heterocycles. The van der Waals surface area contributed by atoms with Crippen LogP contribution in [0.3, 0.4) is 0 Å². The van der Waals surface area contributed by atoms with Crippen LogP contribution in [0.5, 0.6) is 0 Å². The minimum atomic E-state index is -4.41. The minimum Gasteiger partial charge on any atom is -0.377 e. The molecule has 0 amide bonds. The molecule has 1 aromatic rings. The summed E-state index contributed by atoms with van der Waals surface area (Å²) in [6, 6.07) is 1.25. The largest absolute Gasteiger partial charge is 0.411 e. The van der Waals surface area contributed by atoms with Gasteiger partial charge in [0.15, 0.2) is 0 Å². The SMILES string of the molecule is CC(C)c1c(F)cc(N2CCOCC2C(F)(F)F)cc1CN1CCC1. The average Bonchev–Trinajstić information content (AvgIpc) is 2.49. The van der Waals surface area contributed by atoms with E-state index in [0.717, 1.165) is 25.1 Å². The molecule has 0 saturated carbocycles. The molecule has 0 N–H and O–H groups in total. The number of hydrogen-bond donors (Lipinski definition) is 0. The molecule has 0 spiro atoms. The summed E-state index contributed by atoms with van der Waals surface area (Å²) in [7, 11) is 0. The predicted octanol–water partition coefficient (Wildman–Crippen LogP) is 3.92. The highest BCUT2D eigenvalue weighted by molar-refractivity contribution is 5.54. The molecule has 0 aliphatic carbocycles. The molecular formula is C18H24F4N2O. The summed E-state index contributed by atoms with van der Waals surface area (Å²) in [4.78, 5) is 3.42. The number of hydrogen-bond acceptors (Lipinski definition) is 3. The summed E-state index contributed by atoms with van der Waals surface area (Å²) in [6.07, 6.45) is -3.30. The van der Waals surface area contributed by atoms with Gasteiger partial charge in [-0.15, -0.1) is 0 Å². The second-order valence-corrected chi connectivity index (χ2v) is 7.11. The van der Waals surface area contributed by atoms with Gasteiger partial charge in [0.05, 0.1) is 13.2 Å². The van der Waals surface area contributed by atoms with Gasteiger partial charge in [-0.2, -0.15) is 13.2 Å². The van der Waals surface area contributed by atoms with Crippen LogP contribution in [0.1, 0.15) is 37.3 Å². The Morgan fingerprint density at radius 1 is 1.20 bits per heavy atom. The Labute approximate surface area is 145 Å². The Balaban J connectivity index is 1.97. The molecule has 0 aromatic heterocycles. The second kappa shape index (κ2) is 7.11. The lowest BCUT2D eigenvalue weighted by molar-refractivity contribution is -0.167. The summed E-state index contributed by atoms with van der Waals surface area (Å²) in [5.74, 6) is -0.441. The molecule has 3 rings (SSSR count). The van der Waals surface area contributed by atoms with E-state index in [1.165, 1.54) is 11.0 Å². The van der Waals surface area contributed by atoms with Crippen LogP contribution in [0.15, 0.2) is 12.1 Å². The highest BCUT2D eigenvalue weighted by Crippen LogP contribution is 2.35. The molecule has 2 aliphatic heterocycles. The van der Waals surface area contributed by atoms with Gasteiger partial charge in [-0.1, -0.05) is 13.8 Å². The molecule has 2 aliphatic rings. The van der Waals surface area contributed by atoms with Crippen LogP contribution >= 0.6 is 0 Å². The molecule has 25 heavy (non-hydrogen) atoms. The van der Waals surface area contributed by atoms with Gasteiger partial charge in [-0.3, -0.25) is 4.90 Å². The van der Waals surface area contributed by atoms with Crippen LogP contribution in [-0.2, 0) is 11.3 Å². The quantitative estimate of drug-likeness (QED) is 0.757. The van der Waals surface area contributed by atoms with Gasteiger partial charge < -0.3 is 9.64 Å². The van der Waals surface area contributed by atoms with E-state index in [2.05, 4.69) is 4.90 Å². The van der Waals surface area contributed by atoms with Crippen molar-refractivity contribution in [1.82, 2.24) is 4.90 Å². The first-order chi connectivity index (χ1) is 11.8. The first-order valence-electron chi connectivity index (χ1n) is 8.73. The maximum Gasteiger partial charge on any atom is 0.411 e. The number of alkyl halides is 3. The van der Waals surface area contributed by atoms with E-state index < -0.39 is 24.6 Å². The molecule has 0 radical (unpaired) electrons. The number of ether oxygens (including phenoxy) is 1. The Morgan fingerprint density at radius 2 is 1.92 bits per heavy atom. The normalized spacial score (nSPS) is 22.4. The molecule has 1 atom stereocenters. The van der Waals surface area contributed by atoms with Crippen molar-refractivity contribution in [2.75, 3.05) is 37.7 Å². The number of morpholine rings is 1. The molecule has 0 bridgehead atoms. The van der Waals surface area contributed by atoms with E-state index in [1.807, 2.05) is 13.8 Å². The number of benzene rings is 1. The molecule has 7 heteroatoms. The molecule has 1 unspecified atom stereocenters. The molecule has 1 aromatic carbocycles. The maximum atomic E-state index is 14.8. The fraction of sp³-hybridized carbons (Fsp3) is 0.667. The molecule has 140 valence electrons. The summed E-state index contributed by atoms with van der Waals surface area (Å²) in [5, 5.41) is 0. The summed E-state index contributed by atoms with van der Waals surface area (Å²) >= 11 is 0. The topological polar surface area (TPSA) is 15.7 Å². The molecular weight excluding hydrogens is 336 g/mol. The van der Waals surface area contributed by atoms with Crippen molar-refractivity contribution in [1.29, 1.82) is 0 Å². The third-order valence-corrected chi connectivity index (χ3v) is 4.96. The van der Waals surface area contributed by atoms with Gasteiger partial charge in [0, 0.05) is 18.8 Å². The van der Waals surface area contributed by atoms with Crippen LogP contribution in [0.25, 0.3) is 0 Å². The molecule has 2 fully saturated rings. The zero-order chi connectivity index (χ0) is 18.2. The number of halogens is 4. The van der Waals surface area contributed by atoms with Crippen molar-refractivity contribution in [2.45, 2.75) is 44.9 Å². The Hall–Kier alpha value is -1.34. The van der Waals surface area contributed by atoms with Gasteiger partial charge in [-0.05, 0) is 48.7 Å². The lowest BCUT2D eigenvalue weighted by Crippen LogP contribution is -2.53. The smallest absolute Gasteiger partial charge is 0.377 e. The number of rotatable bonds is 4. The van der Waals surface area contributed by atoms with E-state index in [9.17, 15) is 17.6 Å². The van der Waals surface area contributed by atoms with Crippen molar-refractivity contribution in [3.8, 4) is 0 Å². The van der Waals surface area contributed by atoms with Gasteiger partial charge >= 0.3 is 6.18 Å². The zero-order valence-corrected chi connectivity index (χ0v) is 14.6. The van der Waals surface area contributed by atoms with E-state index in [4.69, 9.17) is 4.74 Å². The van der Waals surface area contributed by atoms with Crippen LogP contribution in [0.4, 0.5) is 23.2 Å². The van der Waals surface area contributed by atoms with Crippen molar-refractivity contribution >= 4 is 5.69 Å². The van der Waals surface area contributed by atoms with Gasteiger partial charge in [0.25, 0.3) is 0 Å².